The summed E-state index contributed by atoms with van der Waals surface area (Å²) < 4.78 is 3.20. The lowest BCUT2D eigenvalue weighted by Gasteiger charge is -2.74. The summed E-state index contributed by atoms with van der Waals surface area (Å²) in [4.78, 5) is 0. The van der Waals surface area contributed by atoms with Gasteiger partial charge in [0, 0.05) is 0 Å². The Kier molecular flexibility index (Phi) is 8.84. The van der Waals surface area contributed by atoms with Crippen LogP contribution >= 0.6 is 8.00 Å². The second kappa shape index (κ2) is 10.3. The van der Waals surface area contributed by atoms with E-state index in [1.807, 2.05) is 0 Å². The molecule has 3 saturated heterocycles. The lowest BCUT2D eigenvalue weighted by molar-refractivity contribution is 0.199. The first-order valence-corrected chi connectivity index (χ1v) is 19.4. The van der Waals surface area contributed by atoms with Gasteiger partial charge < -0.3 is 12.7 Å². The van der Waals surface area contributed by atoms with Crippen LogP contribution in [0, 0.1) is 5.41 Å². The van der Waals surface area contributed by atoms with Crippen LogP contribution in [0.1, 0.15) is 85.5 Å². The molecule has 0 amide bonds. The van der Waals surface area contributed by atoms with Crippen LogP contribution in [-0.4, -0.2) is 82.9 Å². The fourth-order valence-electron chi connectivity index (χ4n) is 10.9. The Morgan fingerprint density at radius 2 is 1.92 bits per heavy atom. The molecule has 3 unspecified atom stereocenters. The Morgan fingerprint density at radius 1 is 1.19 bits per heavy atom. The minimum Gasteiger partial charge on any atom is -0.401 e. The van der Waals surface area contributed by atoms with Crippen LogP contribution in [0.5, 0.6) is 0 Å². The Balaban J connectivity index is 2.30. The third-order valence-corrected chi connectivity index (χ3v) is 22.3. The first-order valence-electron chi connectivity index (χ1n) is 15.8. The maximum Gasteiger partial charge on any atom is 0.197 e. The van der Waals surface area contributed by atoms with Crippen LogP contribution in [0.25, 0.3) is 0 Å². The predicted molar refractivity (Wildman–Crippen MR) is 186 cm³/mol. The van der Waals surface area contributed by atoms with Gasteiger partial charge in [-0.05, 0) is 42.6 Å². The fourth-order valence-corrected chi connectivity index (χ4v) is 22.0. The molecule has 198 valence electrons. The van der Waals surface area contributed by atoms with Gasteiger partial charge in [-0.3, -0.25) is 0 Å². The number of unbranched alkanes of at least 4 members (excludes halogenated alkanes) is 3. The molecule has 9 heteroatoms. The van der Waals surface area contributed by atoms with E-state index in [-0.39, 0.29) is 0 Å². The van der Waals surface area contributed by atoms with Crippen molar-refractivity contribution in [1.82, 2.24) is 4.72 Å². The van der Waals surface area contributed by atoms with Gasteiger partial charge in [0.15, 0.2) is 19.3 Å². The number of hydrogen-bond donors (Lipinski definition) is 0. The molecular weight excluding hydrogens is 446 g/mol. The molecule has 3 aliphatic rings. The van der Waals surface area contributed by atoms with E-state index in [4.69, 9.17) is 0 Å². The van der Waals surface area contributed by atoms with Gasteiger partial charge in [0.2, 0.25) is 0 Å². The third kappa shape index (κ3) is 4.09. The number of rotatable bonds is 12. The summed E-state index contributed by atoms with van der Waals surface area (Å²) >= 11 is 0. The molecule has 0 bridgehead atoms. The molecule has 0 spiro atoms. The van der Waals surface area contributed by atoms with Gasteiger partial charge in [-0.25, -0.2) is 0 Å². The summed E-state index contributed by atoms with van der Waals surface area (Å²) in [5.74, 6) is 7.11. The minimum atomic E-state index is -2.58. The van der Waals surface area contributed by atoms with Gasteiger partial charge in [0.05, 0.1) is 0 Å². The van der Waals surface area contributed by atoms with E-state index < -0.39 is 8.00 Å². The quantitative estimate of drug-likeness (QED) is 0.201. The molecule has 0 aromatic carbocycles. The Labute approximate surface area is 230 Å². The largest absolute Gasteiger partial charge is 0.401 e. The van der Waals surface area contributed by atoms with E-state index in [9.17, 15) is 0 Å². The SMILES string of the molecule is BC1(C2(B3B(C)BN3C)CS2(C)(C)(B/C=C\C)B(C=C)CC)BCCCCCC1(C)CCCCCC. The molecule has 3 heterocycles. The molecule has 3 aliphatic heterocycles. The summed E-state index contributed by atoms with van der Waals surface area (Å²) in [5, 5.41) is 0.364. The van der Waals surface area contributed by atoms with Crippen molar-refractivity contribution >= 4 is 56.2 Å². The highest BCUT2D eigenvalue weighted by atomic mass is 32.4. The molecule has 3 fully saturated rings. The Hall–Kier alpha value is 0.245. The van der Waals surface area contributed by atoms with Gasteiger partial charge in [-0.15, -0.1) is 18.5 Å². The standard InChI is InChI=1S/C27H58B7NS/c1-10-14-15-17-20-25(5)21-18-16-19-23-29-27(25,28)26(34-32(6)31-35(34)7)24-36(26,8,9,30-22-11-2)33(12-3)13-4/h11-12,22,29-31H,3,10,13-21,23-24,28H2,1-2,4-9H3/b22-11-. The van der Waals surface area contributed by atoms with E-state index in [1.54, 1.807) is 0 Å². The van der Waals surface area contributed by atoms with Crippen molar-refractivity contribution in [3.05, 3.63) is 24.6 Å². The first-order chi connectivity index (χ1) is 16.8. The predicted octanol–water partition coefficient (Wildman–Crippen LogP) is 5.18. The molecule has 3 atom stereocenters. The lowest BCUT2D eigenvalue weighted by atomic mass is 8.88. The normalized spacial score (nSPS) is 37.0. The zero-order valence-electron chi connectivity index (χ0n) is 26.1. The van der Waals surface area contributed by atoms with Gasteiger partial charge in [0.25, 0.3) is 0 Å². The second-order valence-corrected chi connectivity index (χ2v) is 24.0. The fraction of sp³-hybridized carbons (Fsp3) is 0.852. The Morgan fingerprint density at radius 3 is 2.47 bits per heavy atom. The molecular formula is C27H58B7NS. The highest BCUT2D eigenvalue weighted by Crippen LogP contribution is 3.10. The molecule has 0 N–H and O–H groups in total. The number of hydrogen-bond acceptors (Lipinski definition) is 1. The van der Waals surface area contributed by atoms with Crippen LogP contribution in [0.15, 0.2) is 24.6 Å². The lowest BCUT2D eigenvalue weighted by Crippen LogP contribution is -2.79. The molecule has 1 nitrogen and oxygen atoms in total. The zero-order chi connectivity index (χ0) is 26.9. The molecule has 0 aliphatic carbocycles. The average molecular weight is 505 g/mol. The zero-order valence-corrected chi connectivity index (χ0v) is 26.9. The van der Waals surface area contributed by atoms with E-state index in [0.29, 0.717) is 28.0 Å². The monoisotopic (exact) mass is 505 g/mol. The van der Waals surface area contributed by atoms with Crippen LogP contribution in [0.4, 0.5) is 0 Å². The van der Waals surface area contributed by atoms with E-state index in [1.165, 1.54) is 97.3 Å². The van der Waals surface area contributed by atoms with Crippen molar-refractivity contribution < 1.29 is 0 Å². The summed E-state index contributed by atoms with van der Waals surface area (Å²) in [7, 11) is 5.44. The topological polar surface area (TPSA) is 3.24 Å². The van der Waals surface area contributed by atoms with Gasteiger partial charge in [-0.2, -0.15) is 0 Å². The molecule has 0 radical (unpaired) electrons. The molecule has 36 heavy (non-hydrogen) atoms. The minimum absolute atomic E-state index is 0.364. The van der Waals surface area contributed by atoms with Crippen molar-refractivity contribution in [1.29, 1.82) is 0 Å². The second-order valence-electron chi connectivity index (χ2n) is 15.3. The summed E-state index contributed by atoms with van der Waals surface area (Å²) in [5.41, 5.74) is 0.419. The van der Waals surface area contributed by atoms with Crippen molar-refractivity contribution in [2.75, 3.05) is 25.3 Å². The average Bonchev–Trinajstić information content (AvgIpc) is 3.32. The van der Waals surface area contributed by atoms with Crippen LogP contribution < -0.4 is 0 Å². The summed E-state index contributed by atoms with van der Waals surface area (Å²) in [6.45, 7) is 19.8. The van der Waals surface area contributed by atoms with E-state index in [0.717, 1.165) is 6.49 Å². The van der Waals surface area contributed by atoms with Crippen LogP contribution in [-0.2, 0) is 0 Å². The maximum atomic E-state index is 4.54. The van der Waals surface area contributed by atoms with Crippen LogP contribution in [0.2, 0.25) is 24.7 Å². The smallest absolute Gasteiger partial charge is 0.197 e. The maximum absolute atomic E-state index is 4.54. The molecule has 0 aromatic rings. The van der Waals surface area contributed by atoms with Crippen LogP contribution in [0.3, 0.4) is 0 Å². The van der Waals surface area contributed by atoms with Crippen molar-refractivity contribution in [3.63, 3.8) is 0 Å². The van der Waals surface area contributed by atoms with Crippen molar-refractivity contribution in [2.45, 2.75) is 115 Å². The van der Waals surface area contributed by atoms with Gasteiger partial charge in [0.1, 0.15) is 28.9 Å². The van der Waals surface area contributed by atoms with E-state index >= 15 is 0 Å². The highest BCUT2D eigenvalue weighted by molar-refractivity contribution is 8.99. The third-order valence-electron chi connectivity index (χ3n) is 13.0. The molecule has 0 aromatic heterocycles. The Bertz CT molecular complexity index is 844. The first kappa shape index (κ1) is 30.8. The summed E-state index contributed by atoms with van der Waals surface area (Å²) in [6.07, 6.45) is 23.5. The summed E-state index contributed by atoms with van der Waals surface area (Å²) in [6, 6.07) is 0. The molecule has 0 saturated carbocycles. The number of nitrogens with zero attached hydrogens (tertiary/aromatic N) is 1. The molecule has 3 rings (SSSR count). The number of allylic oxidation sites excluding steroid dienone is 1. The van der Waals surface area contributed by atoms with Crippen molar-refractivity contribution in [3.8, 4) is 0 Å². The van der Waals surface area contributed by atoms with Gasteiger partial charge in [-0.1, -0.05) is 109 Å². The van der Waals surface area contributed by atoms with E-state index in [2.05, 4.69) is 91.3 Å². The van der Waals surface area contributed by atoms with Gasteiger partial charge >= 0.3 is 0 Å². The van der Waals surface area contributed by atoms with Crippen molar-refractivity contribution in [2.24, 2.45) is 5.41 Å². The highest BCUT2D eigenvalue weighted by Gasteiger charge is 2.92.